The number of hydrogen-bond donors (Lipinski definition) is 1. The van der Waals surface area contributed by atoms with Crippen LogP contribution in [0.25, 0.3) is 6.08 Å². The highest BCUT2D eigenvalue weighted by Gasteiger charge is 2.27. The van der Waals surface area contributed by atoms with Crippen LogP contribution in [0.1, 0.15) is 46.3 Å². The summed E-state index contributed by atoms with van der Waals surface area (Å²) in [7, 11) is 0. The van der Waals surface area contributed by atoms with Gasteiger partial charge in [-0.05, 0) is 43.4 Å². The molecule has 1 fully saturated rings. The van der Waals surface area contributed by atoms with Crippen molar-refractivity contribution < 1.29 is 14.7 Å². The zero-order valence-corrected chi connectivity index (χ0v) is 13.3. The van der Waals surface area contributed by atoms with E-state index in [1.165, 1.54) is 17.8 Å². The highest BCUT2D eigenvalue weighted by molar-refractivity contribution is 7.15. The Labute approximate surface area is 129 Å². The van der Waals surface area contributed by atoms with Gasteiger partial charge in [0.15, 0.2) is 0 Å². The Morgan fingerprint density at radius 1 is 1.52 bits per heavy atom. The normalized spacial score (nSPS) is 18.6. The summed E-state index contributed by atoms with van der Waals surface area (Å²) in [6, 6.07) is 1.86. The number of aryl methyl sites for hydroxylation is 1. The van der Waals surface area contributed by atoms with Crippen molar-refractivity contribution in [2.24, 2.45) is 5.92 Å². The number of rotatable bonds is 5. The minimum Gasteiger partial charge on any atom is -0.478 e. The first kappa shape index (κ1) is 15.8. The number of carbonyl (C=O) groups excluding carboxylic acids is 1. The summed E-state index contributed by atoms with van der Waals surface area (Å²) in [5.41, 5.74) is 0.949. The van der Waals surface area contributed by atoms with Crippen LogP contribution in [0, 0.1) is 12.8 Å². The van der Waals surface area contributed by atoms with Crippen LogP contribution in [0.2, 0.25) is 0 Å². The maximum atomic E-state index is 12.5. The molecule has 0 radical (unpaired) electrons. The van der Waals surface area contributed by atoms with Crippen LogP contribution >= 0.6 is 11.3 Å². The summed E-state index contributed by atoms with van der Waals surface area (Å²) in [6.07, 6.45) is 6.10. The van der Waals surface area contributed by atoms with Gasteiger partial charge in [-0.2, -0.15) is 0 Å². The molecule has 1 saturated heterocycles. The van der Waals surface area contributed by atoms with Crippen molar-refractivity contribution >= 4 is 29.3 Å². The summed E-state index contributed by atoms with van der Waals surface area (Å²) in [6.45, 7) is 5.76. The van der Waals surface area contributed by atoms with E-state index in [1.807, 2.05) is 17.9 Å². The standard InChI is InChI=1S/C16H21NO3S/c1-3-4-12-7-8-17(10-12)16(20)14-9-11(2)13(21-14)5-6-15(18)19/h5-6,9,12H,3-4,7-8,10H2,1-2H3,(H,18,19)/b6-5+. The predicted octanol–water partition coefficient (Wildman–Crippen LogP) is 3.42. The van der Waals surface area contributed by atoms with Gasteiger partial charge in [-0.1, -0.05) is 13.3 Å². The maximum Gasteiger partial charge on any atom is 0.328 e. The summed E-state index contributed by atoms with van der Waals surface area (Å²) < 4.78 is 0. The van der Waals surface area contributed by atoms with Gasteiger partial charge in [-0.3, -0.25) is 4.79 Å². The molecule has 1 aromatic rings. The molecule has 0 spiro atoms. The number of carboxylic acids is 1. The molecule has 1 unspecified atom stereocenters. The maximum absolute atomic E-state index is 12.5. The third-order valence-corrected chi connectivity index (χ3v) is 5.00. The first-order valence-electron chi connectivity index (χ1n) is 7.32. The third kappa shape index (κ3) is 3.94. The third-order valence-electron chi connectivity index (χ3n) is 3.81. The zero-order valence-electron chi connectivity index (χ0n) is 12.5. The quantitative estimate of drug-likeness (QED) is 0.848. The van der Waals surface area contributed by atoms with Gasteiger partial charge in [0, 0.05) is 24.0 Å². The second-order valence-electron chi connectivity index (χ2n) is 5.52. The van der Waals surface area contributed by atoms with Crippen LogP contribution in [0.4, 0.5) is 0 Å². The average molecular weight is 307 g/mol. The number of nitrogens with zero attached hydrogens (tertiary/aromatic N) is 1. The minimum absolute atomic E-state index is 0.0803. The molecule has 4 nitrogen and oxygen atoms in total. The molecule has 1 aromatic heterocycles. The van der Waals surface area contributed by atoms with E-state index in [0.29, 0.717) is 10.8 Å². The second-order valence-corrected chi connectivity index (χ2v) is 6.61. The Bertz CT molecular complexity index is 562. The van der Waals surface area contributed by atoms with Gasteiger partial charge in [-0.25, -0.2) is 4.79 Å². The highest BCUT2D eigenvalue weighted by atomic mass is 32.1. The lowest BCUT2D eigenvalue weighted by atomic mass is 10.0. The van der Waals surface area contributed by atoms with Gasteiger partial charge in [-0.15, -0.1) is 11.3 Å². The van der Waals surface area contributed by atoms with E-state index >= 15 is 0 Å². The molecule has 1 aliphatic heterocycles. The van der Waals surface area contributed by atoms with Crippen molar-refractivity contribution in [2.45, 2.75) is 33.1 Å². The van der Waals surface area contributed by atoms with E-state index in [-0.39, 0.29) is 5.91 Å². The van der Waals surface area contributed by atoms with Gasteiger partial charge in [0.05, 0.1) is 4.88 Å². The summed E-state index contributed by atoms with van der Waals surface area (Å²) in [5, 5.41) is 8.68. The number of amides is 1. The van der Waals surface area contributed by atoms with Crippen LogP contribution in [-0.4, -0.2) is 35.0 Å². The molecular formula is C16H21NO3S. The van der Waals surface area contributed by atoms with Crippen molar-refractivity contribution in [1.82, 2.24) is 4.90 Å². The number of hydrogen-bond acceptors (Lipinski definition) is 3. The molecule has 1 N–H and O–H groups in total. The van der Waals surface area contributed by atoms with Crippen LogP contribution in [0.5, 0.6) is 0 Å². The molecule has 2 heterocycles. The Hall–Kier alpha value is -1.62. The van der Waals surface area contributed by atoms with Crippen LogP contribution in [0.15, 0.2) is 12.1 Å². The molecule has 114 valence electrons. The number of thiophene rings is 1. The molecule has 1 atom stereocenters. The molecule has 2 rings (SSSR count). The van der Waals surface area contributed by atoms with Gasteiger partial charge >= 0.3 is 5.97 Å². The summed E-state index contributed by atoms with van der Waals surface area (Å²) >= 11 is 1.37. The van der Waals surface area contributed by atoms with Crippen molar-refractivity contribution in [3.8, 4) is 0 Å². The highest BCUT2D eigenvalue weighted by Crippen LogP contribution is 2.28. The lowest BCUT2D eigenvalue weighted by Gasteiger charge is -2.15. The topological polar surface area (TPSA) is 57.6 Å². The number of aliphatic carboxylic acids is 1. The number of carboxylic acid groups (broad SMARTS) is 1. The molecule has 21 heavy (non-hydrogen) atoms. The minimum atomic E-state index is -0.974. The van der Waals surface area contributed by atoms with Crippen molar-refractivity contribution in [3.63, 3.8) is 0 Å². The Morgan fingerprint density at radius 2 is 2.29 bits per heavy atom. The number of likely N-dealkylation sites (tertiary alicyclic amines) is 1. The fourth-order valence-corrected chi connectivity index (χ4v) is 3.78. The van der Waals surface area contributed by atoms with Gasteiger partial charge in [0.1, 0.15) is 0 Å². The molecule has 0 saturated carbocycles. The van der Waals surface area contributed by atoms with E-state index in [9.17, 15) is 9.59 Å². The Balaban J connectivity index is 2.07. The van der Waals surface area contributed by atoms with Crippen molar-refractivity contribution in [1.29, 1.82) is 0 Å². The number of carbonyl (C=O) groups is 2. The van der Waals surface area contributed by atoms with E-state index in [4.69, 9.17) is 5.11 Å². The van der Waals surface area contributed by atoms with Gasteiger partial charge in [0.2, 0.25) is 0 Å². The van der Waals surface area contributed by atoms with Gasteiger partial charge < -0.3 is 10.0 Å². The SMILES string of the molecule is CCCC1CCN(C(=O)c2cc(C)c(/C=C/C(=O)O)s2)C1. The molecule has 1 amide bonds. The molecule has 0 bridgehead atoms. The van der Waals surface area contributed by atoms with E-state index < -0.39 is 5.97 Å². The van der Waals surface area contributed by atoms with Crippen molar-refractivity contribution in [3.05, 3.63) is 27.5 Å². The smallest absolute Gasteiger partial charge is 0.328 e. The fourth-order valence-electron chi connectivity index (χ4n) is 2.73. The van der Waals surface area contributed by atoms with Crippen molar-refractivity contribution in [2.75, 3.05) is 13.1 Å². The lowest BCUT2D eigenvalue weighted by molar-refractivity contribution is -0.131. The van der Waals surface area contributed by atoms with E-state index in [1.54, 1.807) is 6.08 Å². The monoisotopic (exact) mass is 307 g/mol. The summed E-state index contributed by atoms with van der Waals surface area (Å²) in [5.74, 6) is -0.263. The van der Waals surface area contributed by atoms with Crippen LogP contribution in [0.3, 0.4) is 0 Å². The average Bonchev–Trinajstić information content (AvgIpc) is 3.03. The second kappa shape index (κ2) is 6.89. The van der Waals surface area contributed by atoms with Crippen LogP contribution < -0.4 is 0 Å². The molecule has 1 aliphatic rings. The molecule has 0 aromatic carbocycles. The van der Waals surface area contributed by atoms with E-state index in [0.717, 1.165) is 42.4 Å². The first-order valence-corrected chi connectivity index (χ1v) is 8.13. The van der Waals surface area contributed by atoms with E-state index in [2.05, 4.69) is 6.92 Å². The fraction of sp³-hybridized carbons (Fsp3) is 0.500. The zero-order chi connectivity index (χ0) is 15.4. The largest absolute Gasteiger partial charge is 0.478 e. The summed E-state index contributed by atoms with van der Waals surface area (Å²) in [4.78, 5) is 26.5. The molecule has 5 heteroatoms. The Kier molecular flexibility index (Phi) is 5.17. The lowest BCUT2D eigenvalue weighted by Crippen LogP contribution is -2.27. The predicted molar refractivity (Wildman–Crippen MR) is 84.6 cm³/mol. The van der Waals surface area contributed by atoms with Gasteiger partial charge in [0.25, 0.3) is 5.91 Å². The Morgan fingerprint density at radius 3 is 2.95 bits per heavy atom. The molecule has 0 aliphatic carbocycles. The van der Waals surface area contributed by atoms with Crippen LogP contribution in [-0.2, 0) is 4.79 Å². The molecular weight excluding hydrogens is 286 g/mol. The first-order chi connectivity index (χ1) is 10.0.